The van der Waals surface area contributed by atoms with Crippen LogP contribution in [0.4, 0.5) is 0 Å². The Hall–Kier alpha value is -2.21. The molecule has 0 aliphatic rings. The molecule has 2 heterocycles. The summed E-state index contributed by atoms with van der Waals surface area (Å²) >= 11 is 14.1. The van der Waals surface area contributed by atoms with Crippen LogP contribution in [0.5, 0.6) is 0 Å². The summed E-state index contributed by atoms with van der Waals surface area (Å²) in [5.74, 6) is 1.89. The standard InChI is InChI=1S/C20H15Cl2N3OS/c1-13-7-9-14(10-8-13)25-19(18-6-3-11-26-18)23-24-20(25)27-12-15-16(21)4-2-5-17(15)22/h2-11H,12H2,1H3. The summed E-state index contributed by atoms with van der Waals surface area (Å²) < 4.78 is 7.52. The van der Waals surface area contributed by atoms with Crippen LogP contribution in [0.2, 0.25) is 10.0 Å². The topological polar surface area (TPSA) is 43.9 Å². The van der Waals surface area contributed by atoms with Crippen molar-refractivity contribution in [2.75, 3.05) is 0 Å². The van der Waals surface area contributed by atoms with Crippen molar-refractivity contribution < 1.29 is 4.42 Å². The van der Waals surface area contributed by atoms with E-state index >= 15 is 0 Å². The van der Waals surface area contributed by atoms with Crippen molar-refractivity contribution in [2.45, 2.75) is 17.8 Å². The Kier molecular flexibility index (Phi) is 5.25. The van der Waals surface area contributed by atoms with Crippen molar-refractivity contribution >= 4 is 35.0 Å². The molecule has 4 aromatic rings. The van der Waals surface area contributed by atoms with Gasteiger partial charge in [-0.25, -0.2) is 0 Å². The Morgan fingerprint density at radius 2 is 1.70 bits per heavy atom. The molecule has 4 nitrogen and oxygen atoms in total. The summed E-state index contributed by atoms with van der Waals surface area (Å²) in [6.07, 6.45) is 1.62. The van der Waals surface area contributed by atoms with Crippen LogP contribution in [-0.2, 0) is 5.75 Å². The maximum Gasteiger partial charge on any atom is 0.205 e. The van der Waals surface area contributed by atoms with E-state index in [4.69, 9.17) is 27.6 Å². The molecule has 2 aromatic carbocycles. The Labute approximate surface area is 171 Å². The largest absolute Gasteiger partial charge is 0.461 e. The summed E-state index contributed by atoms with van der Waals surface area (Å²) in [4.78, 5) is 0. The Morgan fingerprint density at radius 1 is 0.963 bits per heavy atom. The van der Waals surface area contributed by atoms with E-state index in [0.29, 0.717) is 27.4 Å². The third kappa shape index (κ3) is 3.76. The van der Waals surface area contributed by atoms with Gasteiger partial charge in [0.2, 0.25) is 5.82 Å². The molecule has 0 spiro atoms. The first-order valence-corrected chi connectivity index (χ1v) is 9.99. The van der Waals surface area contributed by atoms with E-state index < -0.39 is 0 Å². The van der Waals surface area contributed by atoms with Gasteiger partial charge in [-0.2, -0.15) is 0 Å². The lowest BCUT2D eigenvalue weighted by molar-refractivity contribution is 0.575. The van der Waals surface area contributed by atoms with E-state index in [1.165, 1.54) is 17.3 Å². The molecule has 0 amide bonds. The lowest BCUT2D eigenvalue weighted by Gasteiger charge is -2.10. The van der Waals surface area contributed by atoms with Gasteiger partial charge in [0.05, 0.1) is 6.26 Å². The summed E-state index contributed by atoms with van der Waals surface area (Å²) in [6, 6.07) is 17.4. The van der Waals surface area contributed by atoms with Crippen LogP contribution in [0, 0.1) is 6.92 Å². The lowest BCUT2D eigenvalue weighted by Crippen LogP contribution is -1.99. The Bertz CT molecular complexity index is 1040. The Morgan fingerprint density at radius 3 is 2.37 bits per heavy atom. The van der Waals surface area contributed by atoms with E-state index in [1.54, 1.807) is 6.26 Å². The molecule has 0 radical (unpaired) electrons. The van der Waals surface area contributed by atoms with Crippen molar-refractivity contribution in [1.82, 2.24) is 14.8 Å². The van der Waals surface area contributed by atoms with Crippen LogP contribution in [0.1, 0.15) is 11.1 Å². The van der Waals surface area contributed by atoms with Gasteiger partial charge in [-0.15, -0.1) is 10.2 Å². The molecule has 0 bridgehead atoms. The summed E-state index contributed by atoms with van der Waals surface area (Å²) in [7, 11) is 0. The third-order valence-electron chi connectivity index (χ3n) is 4.07. The van der Waals surface area contributed by atoms with Gasteiger partial charge in [0.15, 0.2) is 10.9 Å². The molecule has 2 aromatic heterocycles. The number of aryl methyl sites for hydroxylation is 1. The summed E-state index contributed by atoms with van der Waals surface area (Å²) in [5, 5.41) is 10.7. The van der Waals surface area contributed by atoms with Gasteiger partial charge < -0.3 is 4.42 Å². The van der Waals surface area contributed by atoms with E-state index in [2.05, 4.69) is 29.3 Å². The highest BCUT2D eigenvalue weighted by Gasteiger charge is 2.19. The van der Waals surface area contributed by atoms with Gasteiger partial charge in [-0.1, -0.05) is 58.7 Å². The predicted octanol–water partition coefficient (Wildman–Crippen LogP) is 6.43. The number of aromatic nitrogens is 3. The lowest BCUT2D eigenvalue weighted by atomic mass is 10.2. The van der Waals surface area contributed by atoms with Crippen LogP contribution < -0.4 is 0 Å². The number of halogens is 2. The van der Waals surface area contributed by atoms with Gasteiger partial charge in [-0.3, -0.25) is 4.57 Å². The molecule has 0 atom stereocenters. The zero-order valence-electron chi connectivity index (χ0n) is 14.4. The van der Waals surface area contributed by atoms with Crippen molar-refractivity contribution in [1.29, 1.82) is 0 Å². The highest BCUT2D eigenvalue weighted by atomic mass is 35.5. The number of thioether (sulfide) groups is 1. The van der Waals surface area contributed by atoms with Crippen LogP contribution in [0.15, 0.2) is 70.4 Å². The second kappa shape index (κ2) is 7.80. The Balaban J connectivity index is 1.73. The van der Waals surface area contributed by atoms with Crippen LogP contribution in [-0.4, -0.2) is 14.8 Å². The van der Waals surface area contributed by atoms with E-state index in [0.717, 1.165) is 16.4 Å². The molecule has 7 heteroatoms. The highest BCUT2D eigenvalue weighted by molar-refractivity contribution is 7.98. The van der Waals surface area contributed by atoms with Gasteiger partial charge >= 0.3 is 0 Å². The molecule has 27 heavy (non-hydrogen) atoms. The van der Waals surface area contributed by atoms with Crippen LogP contribution in [0.25, 0.3) is 17.3 Å². The average molecular weight is 416 g/mol. The van der Waals surface area contributed by atoms with Crippen molar-refractivity contribution in [3.63, 3.8) is 0 Å². The van der Waals surface area contributed by atoms with Gasteiger partial charge in [0.25, 0.3) is 0 Å². The molecule has 0 aliphatic heterocycles. The number of hydrogen-bond acceptors (Lipinski definition) is 4. The zero-order chi connectivity index (χ0) is 18.8. The average Bonchev–Trinajstić information content (AvgIpc) is 3.31. The molecule has 0 saturated carbocycles. The first-order chi connectivity index (χ1) is 13.1. The number of rotatable bonds is 5. The van der Waals surface area contributed by atoms with Gasteiger partial charge in [-0.05, 0) is 48.9 Å². The molecule has 136 valence electrons. The maximum absolute atomic E-state index is 6.30. The highest BCUT2D eigenvalue weighted by Crippen LogP contribution is 2.34. The smallest absolute Gasteiger partial charge is 0.205 e. The molecular formula is C20H15Cl2N3OS. The predicted molar refractivity (Wildman–Crippen MR) is 110 cm³/mol. The van der Waals surface area contributed by atoms with Crippen LogP contribution in [0.3, 0.4) is 0 Å². The number of nitrogens with zero attached hydrogens (tertiary/aromatic N) is 3. The summed E-state index contributed by atoms with van der Waals surface area (Å²) in [5.41, 5.74) is 3.03. The van der Waals surface area contributed by atoms with E-state index in [-0.39, 0.29) is 0 Å². The number of benzene rings is 2. The first-order valence-electron chi connectivity index (χ1n) is 8.25. The van der Waals surface area contributed by atoms with E-state index in [9.17, 15) is 0 Å². The van der Waals surface area contributed by atoms with E-state index in [1.807, 2.05) is 47.0 Å². The molecule has 0 aliphatic carbocycles. The zero-order valence-corrected chi connectivity index (χ0v) is 16.7. The molecule has 0 N–H and O–H groups in total. The number of furan rings is 1. The normalized spacial score (nSPS) is 11.1. The first kappa shape index (κ1) is 18.2. The van der Waals surface area contributed by atoms with Gasteiger partial charge in [0.1, 0.15) is 0 Å². The number of hydrogen-bond donors (Lipinski definition) is 0. The van der Waals surface area contributed by atoms with Gasteiger partial charge in [0, 0.05) is 21.5 Å². The second-order valence-corrected chi connectivity index (χ2v) is 7.70. The SMILES string of the molecule is Cc1ccc(-n2c(SCc3c(Cl)cccc3Cl)nnc2-c2ccco2)cc1. The fourth-order valence-corrected chi connectivity index (χ4v) is 4.36. The quantitative estimate of drug-likeness (QED) is 0.352. The third-order valence-corrected chi connectivity index (χ3v) is 5.74. The second-order valence-electron chi connectivity index (χ2n) is 5.94. The molecule has 4 rings (SSSR count). The minimum absolute atomic E-state index is 0.584. The summed E-state index contributed by atoms with van der Waals surface area (Å²) in [6.45, 7) is 2.05. The monoisotopic (exact) mass is 415 g/mol. The molecule has 0 fully saturated rings. The minimum Gasteiger partial charge on any atom is -0.461 e. The minimum atomic E-state index is 0.584. The molecule has 0 unspecified atom stereocenters. The van der Waals surface area contributed by atoms with Crippen molar-refractivity contribution in [2.24, 2.45) is 0 Å². The molecular weight excluding hydrogens is 401 g/mol. The van der Waals surface area contributed by atoms with Crippen LogP contribution >= 0.6 is 35.0 Å². The fraction of sp³-hybridized carbons (Fsp3) is 0.100. The van der Waals surface area contributed by atoms with Crippen molar-refractivity contribution in [3.8, 4) is 17.3 Å². The fourth-order valence-electron chi connectivity index (χ4n) is 2.66. The molecule has 0 saturated heterocycles. The maximum atomic E-state index is 6.30. The van der Waals surface area contributed by atoms with Crippen molar-refractivity contribution in [3.05, 3.63) is 82.0 Å².